The molecule has 0 aliphatic heterocycles. The molecule has 0 aromatic heterocycles. The molecule has 0 unspecified atom stereocenters. The maximum atomic E-state index is 12.3. The number of hydrogen-bond donors (Lipinski definition) is 2. The van der Waals surface area contributed by atoms with Crippen molar-refractivity contribution in [3.63, 3.8) is 0 Å². The topological polar surface area (TPSA) is 57.5 Å². The van der Waals surface area contributed by atoms with Crippen LogP contribution in [0.15, 0.2) is 52.5 Å². The first-order chi connectivity index (χ1) is 13.4. The van der Waals surface area contributed by atoms with Crippen LogP contribution in [0.2, 0.25) is 10.0 Å². The van der Waals surface area contributed by atoms with Crippen molar-refractivity contribution in [3.05, 3.63) is 79.3 Å². The van der Waals surface area contributed by atoms with Crippen LogP contribution in [0, 0.1) is 0 Å². The van der Waals surface area contributed by atoms with Gasteiger partial charge in [0, 0.05) is 38.9 Å². The van der Waals surface area contributed by atoms with E-state index in [1.807, 2.05) is 18.2 Å². The minimum atomic E-state index is -0.113. The summed E-state index contributed by atoms with van der Waals surface area (Å²) in [6, 6.07) is 10.6. The number of allylic oxidation sites excluding steroid dienone is 1. The van der Waals surface area contributed by atoms with Gasteiger partial charge < -0.3 is 10.2 Å². The molecule has 28 heavy (non-hydrogen) atoms. The highest BCUT2D eigenvalue weighted by Gasteiger charge is 2.08. The van der Waals surface area contributed by atoms with Crippen LogP contribution in [0.5, 0.6) is 0 Å². The number of carbonyl (C=O) groups is 1. The van der Waals surface area contributed by atoms with E-state index in [2.05, 4.69) is 15.9 Å². The van der Waals surface area contributed by atoms with E-state index in [1.54, 1.807) is 30.3 Å². The van der Waals surface area contributed by atoms with Gasteiger partial charge in [-0.1, -0.05) is 56.9 Å². The smallest absolute Gasteiger partial charge is 0.185 e. The summed E-state index contributed by atoms with van der Waals surface area (Å²) in [5.41, 5.74) is 2.94. The summed E-state index contributed by atoms with van der Waals surface area (Å²) in [6.07, 6.45) is 6.79. The molecule has 0 aliphatic rings. The highest BCUT2D eigenvalue weighted by Crippen LogP contribution is 2.30. The van der Waals surface area contributed by atoms with Gasteiger partial charge in [-0.25, -0.2) is 0 Å². The van der Waals surface area contributed by atoms with Crippen LogP contribution < -0.4 is 0 Å². The van der Waals surface area contributed by atoms with Crippen LogP contribution in [0.3, 0.4) is 0 Å². The minimum absolute atomic E-state index is 0.0193. The number of aliphatic hydroxyl groups excluding tert-OH is 2. The lowest BCUT2D eigenvalue weighted by Gasteiger charge is -2.09. The van der Waals surface area contributed by atoms with E-state index in [9.17, 15) is 9.90 Å². The fraction of sp³-hybridized carbons (Fsp3) is 0.227. The van der Waals surface area contributed by atoms with Crippen LogP contribution >= 0.6 is 39.1 Å². The molecule has 0 saturated carbocycles. The lowest BCUT2D eigenvalue weighted by atomic mass is 10.0. The monoisotopic (exact) mass is 482 g/mol. The molecule has 0 atom stereocenters. The summed E-state index contributed by atoms with van der Waals surface area (Å²) < 4.78 is 0.912. The van der Waals surface area contributed by atoms with Gasteiger partial charge in [-0.2, -0.15) is 0 Å². The first-order valence-electron chi connectivity index (χ1n) is 8.82. The fourth-order valence-electron chi connectivity index (χ4n) is 2.64. The van der Waals surface area contributed by atoms with Crippen molar-refractivity contribution in [2.24, 2.45) is 0 Å². The van der Waals surface area contributed by atoms with E-state index in [1.165, 1.54) is 6.08 Å². The quantitative estimate of drug-likeness (QED) is 0.330. The second kappa shape index (κ2) is 11.5. The standard InChI is InChI=1S/C22H21BrCl2O3/c23-18-6-4-17(5-7-18)22(28)8-3-16-13-20(24)19(21(25)14-16)12-15(9-11-27)2-1-10-26/h3-8,12-14,26-27H,1-2,9-11H2/b8-3-,15-12-. The third kappa shape index (κ3) is 6.87. The number of ketones is 1. The molecule has 0 radical (unpaired) electrons. The van der Waals surface area contributed by atoms with Gasteiger partial charge in [0.1, 0.15) is 0 Å². The second-order valence-electron chi connectivity index (χ2n) is 6.21. The maximum Gasteiger partial charge on any atom is 0.185 e. The van der Waals surface area contributed by atoms with Crippen molar-refractivity contribution >= 4 is 57.1 Å². The number of aliphatic hydroxyl groups is 2. The van der Waals surface area contributed by atoms with Gasteiger partial charge in [0.2, 0.25) is 0 Å². The molecule has 2 N–H and O–H groups in total. The molecule has 3 nitrogen and oxygen atoms in total. The van der Waals surface area contributed by atoms with Crippen molar-refractivity contribution in [1.82, 2.24) is 0 Å². The normalized spacial score (nSPS) is 12.0. The molecule has 2 rings (SSSR count). The van der Waals surface area contributed by atoms with Crippen LogP contribution in [0.25, 0.3) is 12.2 Å². The molecule has 0 spiro atoms. The van der Waals surface area contributed by atoms with Gasteiger partial charge in [-0.15, -0.1) is 0 Å². The van der Waals surface area contributed by atoms with E-state index < -0.39 is 0 Å². The molecule has 2 aromatic rings. The Morgan fingerprint density at radius 1 is 1.00 bits per heavy atom. The van der Waals surface area contributed by atoms with E-state index in [0.29, 0.717) is 40.4 Å². The van der Waals surface area contributed by atoms with Gasteiger partial charge in [0.25, 0.3) is 0 Å². The average Bonchev–Trinajstić information content (AvgIpc) is 2.67. The number of halogens is 3. The lowest BCUT2D eigenvalue weighted by molar-refractivity contribution is 0.104. The highest BCUT2D eigenvalue weighted by atomic mass is 79.9. The van der Waals surface area contributed by atoms with Gasteiger partial charge in [0.15, 0.2) is 5.78 Å². The van der Waals surface area contributed by atoms with Crippen molar-refractivity contribution in [1.29, 1.82) is 0 Å². The Labute approximate surface area is 183 Å². The molecule has 0 amide bonds. The molecule has 0 heterocycles. The summed E-state index contributed by atoms with van der Waals surface area (Å²) in [4.78, 5) is 12.3. The zero-order valence-electron chi connectivity index (χ0n) is 15.2. The summed E-state index contributed by atoms with van der Waals surface area (Å²) >= 11 is 16.1. The third-order valence-electron chi connectivity index (χ3n) is 4.09. The number of benzene rings is 2. The van der Waals surface area contributed by atoms with Crippen molar-refractivity contribution in [2.45, 2.75) is 19.3 Å². The zero-order chi connectivity index (χ0) is 20.5. The first kappa shape index (κ1) is 22.9. The van der Waals surface area contributed by atoms with Crippen LogP contribution in [-0.2, 0) is 0 Å². The van der Waals surface area contributed by atoms with Crippen molar-refractivity contribution in [2.75, 3.05) is 13.2 Å². The molecule has 6 heteroatoms. The Morgan fingerprint density at radius 2 is 1.64 bits per heavy atom. The zero-order valence-corrected chi connectivity index (χ0v) is 18.3. The van der Waals surface area contributed by atoms with Crippen LogP contribution in [0.1, 0.15) is 40.7 Å². The minimum Gasteiger partial charge on any atom is -0.396 e. The third-order valence-corrected chi connectivity index (χ3v) is 5.25. The Morgan fingerprint density at radius 3 is 2.21 bits per heavy atom. The molecule has 2 aromatic carbocycles. The van der Waals surface area contributed by atoms with Gasteiger partial charge in [-0.05, 0) is 67.3 Å². The largest absolute Gasteiger partial charge is 0.396 e. The fourth-order valence-corrected chi connectivity index (χ4v) is 3.52. The lowest BCUT2D eigenvalue weighted by Crippen LogP contribution is -1.94. The predicted molar refractivity (Wildman–Crippen MR) is 120 cm³/mol. The molecule has 0 aliphatic carbocycles. The highest BCUT2D eigenvalue weighted by molar-refractivity contribution is 9.10. The average molecular weight is 484 g/mol. The Bertz CT molecular complexity index is 851. The molecule has 0 bridgehead atoms. The van der Waals surface area contributed by atoms with E-state index in [-0.39, 0.29) is 19.0 Å². The van der Waals surface area contributed by atoms with E-state index >= 15 is 0 Å². The Hall–Kier alpha value is -1.43. The number of rotatable bonds is 9. The van der Waals surface area contributed by atoms with Gasteiger partial charge in [-0.3, -0.25) is 4.79 Å². The summed E-state index contributed by atoms with van der Waals surface area (Å²) in [5, 5.41) is 19.2. The van der Waals surface area contributed by atoms with Gasteiger partial charge >= 0.3 is 0 Å². The van der Waals surface area contributed by atoms with Crippen LogP contribution in [-0.4, -0.2) is 29.2 Å². The Balaban J connectivity index is 2.22. The number of hydrogen-bond acceptors (Lipinski definition) is 3. The van der Waals surface area contributed by atoms with Crippen molar-refractivity contribution in [3.8, 4) is 0 Å². The Kier molecular flexibility index (Phi) is 9.42. The van der Waals surface area contributed by atoms with Crippen LogP contribution in [0.4, 0.5) is 0 Å². The molecule has 148 valence electrons. The second-order valence-corrected chi connectivity index (χ2v) is 7.94. The molecule has 0 saturated heterocycles. The molecular formula is C22H21BrCl2O3. The SMILES string of the molecule is O=C(/C=C\c1cc(Cl)c(/C=C(\CCO)CCCO)c(Cl)c1)c1ccc(Br)cc1. The summed E-state index contributed by atoms with van der Waals surface area (Å²) in [5.74, 6) is -0.113. The van der Waals surface area contributed by atoms with E-state index in [0.717, 1.165) is 15.6 Å². The summed E-state index contributed by atoms with van der Waals surface area (Å²) in [6.45, 7) is 0.103. The maximum absolute atomic E-state index is 12.3. The summed E-state index contributed by atoms with van der Waals surface area (Å²) in [7, 11) is 0. The number of carbonyl (C=O) groups excluding carboxylic acids is 1. The molecule has 0 fully saturated rings. The molecular weight excluding hydrogens is 463 g/mol. The predicted octanol–water partition coefficient (Wildman–Crippen LogP) is 6.19. The van der Waals surface area contributed by atoms with Gasteiger partial charge in [0.05, 0.1) is 0 Å². The first-order valence-corrected chi connectivity index (χ1v) is 10.4. The van der Waals surface area contributed by atoms with E-state index in [4.69, 9.17) is 28.3 Å². The van der Waals surface area contributed by atoms with Crippen molar-refractivity contribution < 1.29 is 15.0 Å².